The Morgan fingerprint density at radius 3 is 3.15 bits per heavy atom. The number of carbonyl (C=O) groups excluding carboxylic acids is 1. The number of rotatable bonds is 5. The molecule has 0 saturated carbocycles. The molecule has 1 aliphatic heterocycles. The van der Waals surface area contributed by atoms with Crippen LogP contribution >= 0.6 is 0 Å². The molecule has 3 N–H and O–H groups in total. The van der Waals surface area contributed by atoms with Gasteiger partial charge in [-0.05, 0) is 6.54 Å². The van der Waals surface area contributed by atoms with Crippen LogP contribution in [0.25, 0.3) is 0 Å². The lowest BCUT2D eigenvalue weighted by atomic mass is 10.1. The van der Waals surface area contributed by atoms with Gasteiger partial charge in [0.05, 0.1) is 18.9 Å². The zero-order valence-corrected chi connectivity index (χ0v) is 12.1. The first-order valence-electron chi connectivity index (χ1n) is 6.96. The minimum absolute atomic E-state index is 0.0359. The van der Waals surface area contributed by atoms with E-state index in [1.54, 1.807) is 24.1 Å². The Morgan fingerprint density at radius 2 is 2.50 bits per heavy atom. The van der Waals surface area contributed by atoms with Crippen LogP contribution in [0.15, 0.2) is 12.4 Å². The molecule has 1 aromatic heterocycles. The van der Waals surface area contributed by atoms with Gasteiger partial charge in [0.2, 0.25) is 5.91 Å². The third-order valence-electron chi connectivity index (χ3n) is 3.54. The number of aromatic nitrogens is 2. The summed E-state index contributed by atoms with van der Waals surface area (Å²) in [4.78, 5) is 14.3. The lowest BCUT2D eigenvalue weighted by molar-refractivity contribution is -0.123. The van der Waals surface area contributed by atoms with E-state index in [4.69, 9.17) is 10.5 Å². The zero-order valence-electron chi connectivity index (χ0n) is 12.1. The van der Waals surface area contributed by atoms with Gasteiger partial charge in [0.1, 0.15) is 6.04 Å². The molecule has 1 aliphatic rings. The molecule has 2 unspecified atom stereocenters. The van der Waals surface area contributed by atoms with Crippen LogP contribution in [0.2, 0.25) is 0 Å². The van der Waals surface area contributed by atoms with Crippen molar-refractivity contribution in [3.8, 4) is 0 Å². The highest BCUT2D eigenvalue weighted by Gasteiger charge is 2.22. The predicted octanol–water partition coefficient (Wildman–Crippen LogP) is -0.743. The van der Waals surface area contributed by atoms with Crippen molar-refractivity contribution in [3.63, 3.8) is 0 Å². The van der Waals surface area contributed by atoms with Gasteiger partial charge >= 0.3 is 0 Å². The summed E-state index contributed by atoms with van der Waals surface area (Å²) in [5, 5.41) is 6.87. The molecule has 1 aromatic rings. The molecule has 1 amide bonds. The standard InChI is InChI=1S/C13H23N5O2/c1-3-18-4-5-20-11(9-18)7-15-13(19)12(14)10-6-16-17(2)8-10/h6,8,11-12H,3-5,7,9,14H2,1-2H3,(H,15,19). The Balaban J connectivity index is 1.79. The summed E-state index contributed by atoms with van der Waals surface area (Å²) in [5.41, 5.74) is 6.62. The normalized spacial score (nSPS) is 21.6. The largest absolute Gasteiger partial charge is 0.374 e. The van der Waals surface area contributed by atoms with Gasteiger partial charge in [-0.3, -0.25) is 14.4 Å². The Morgan fingerprint density at radius 1 is 1.70 bits per heavy atom. The maximum Gasteiger partial charge on any atom is 0.241 e. The molecule has 20 heavy (non-hydrogen) atoms. The zero-order chi connectivity index (χ0) is 14.5. The molecular weight excluding hydrogens is 258 g/mol. The Bertz CT molecular complexity index is 448. The van der Waals surface area contributed by atoms with Crippen LogP contribution in [0, 0.1) is 0 Å². The van der Waals surface area contributed by atoms with E-state index in [0.717, 1.165) is 19.6 Å². The maximum atomic E-state index is 12.0. The van der Waals surface area contributed by atoms with E-state index in [1.807, 2.05) is 0 Å². The Hall–Kier alpha value is -1.44. The van der Waals surface area contributed by atoms with E-state index in [9.17, 15) is 4.79 Å². The summed E-state index contributed by atoms with van der Waals surface area (Å²) < 4.78 is 7.27. The van der Waals surface area contributed by atoms with Crippen molar-refractivity contribution in [3.05, 3.63) is 18.0 Å². The highest BCUT2D eigenvalue weighted by Crippen LogP contribution is 2.09. The van der Waals surface area contributed by atoms with E-state index in [1.165, 1.54) is 0 Å². The fraction of sp³-hybridized carbons (Fsp3) is 0.692. The van der Waals surface area contributed by atoms with Crippen molar-refractivity contribution in [2.24, 2.45) is 12.8 Å². The van der Waals surface area contributed by atoms with E-state index in [0.29, 0.717) is 18.7 Å². The number of likely N-dealkylation sites (N-methyl/N-ethyl adjacent to an activating group) is 1. The number of ether oxygens (including phenoxy) is 1. The first-order valence-corrected chi connectivity index (χ1v) is 6.96. The minimum atomic E-state index is -0.686. The van der Waals surface area contributed by atoms with Crippen molar-refractivity contribution in [2.45, 2.75) is 19.1 Å². The van der Waals surface area contributed by atoms with Crippen LogP contribution in [0.1, 0.15) is 18.5 Å². The molecule has 0 aromatic carbocycles. The third kappa shape index (κ3) is 3.78. The molecular formula is C13H23N5O2. The molecule has 1 fully saturated rings. The molecule has 1 saturated heterocycles. The van der Waals surface area contributed by atoms with Gasteiger partial charge in [-0.1, -0.05) is 6.92 Å². The molecule has 2 rings (SSSR count). The fourth-order valence-electron chi connectivity index (χ4n) is 2.27. The smallest absolute Gasteiger partial charge is 0.241 e. The van der Waals surface area contributed by atoms with Gasteiger partial charge < -0.3 is 15.8 Å². The van der Waals surface area contributed by atoms with Crippen molar-refractivity contribution < 1.29 is 9.53 Å². The molecule has 0 radical (unpaired) electrons. The van der Waals surface area contributed by atoms with E-state index in [-0.39, 0.29) is 12.0 Å². The summed E-state index contributed by atoms with van der Waals surface area (Å²) in [6.45, 7) is 6.13. The average molecular weight is 281 g/mol. The summed E-state index contributed by atoms with van der Waals surface area (Å²) in [5.74, 6) is -0.199. The van der Waals surface area contributed by atoms with Gasteiger partial charge in [-0.2, -0.15) is 5.10 Å². The average Bonchev–Trinajstić information content (AvgIpc) is 2.90. The van der Waals surface area contributed by atoms with Crippen LogP contribution < -0.4 is 11.1 Å². The van der Waals surface area contributed by atoms with Crippen LogP contribution in [0.3, 0.4) is 0 Å². The summed E-state index contributed by atoms with van der Waals surface area (Å²) in [6.07, 6.45) is 3.40. The van der Waals surface area contributed by atoms with Gasteiger partial charge in [-0.15, -0.1) is 0 Å². The molecule has 0 spiro atoms. The molecule has 7 heteroatoms. The number of hydrogen-bond donors (Lipinski definition) is 2. The fourth-order valence-corrected chi connectivity index (χ4v) is 2.27. The summed E-state index contributed by atoms with van der Waals surface area (Å²) in [6, 6.07) is -0.686. The molecule has 0 bridgehead atoms. The van der Waals surface area contributed by atoms with Crippen LogP contribution in [0.4, 0.5) is 0 Å². The topological polar surface area (TPSA) is 85.4 Å². The number of carbonyl (C=O) groups is 1. The molecule has 0 aliphatic carbocycles. The first kappa shape index (κ1) is 15.0. The number of hydrogen-bond acceptors (Lipinski definition) is 5. The molecule has 2 atom stereocenters. The van der Waals surface area contributed by atoms with Crippen LogP contribution in [-0.4, -0.2) is 59.5 Å². The number of morpholine rings is 1. The van der Waals surface area contributed by atoms with E-state index >= 15 is 0 Å². The van der Waals surface area contributed by atoms with Gasteiger partial charge in [0.25, 0.3) is 0 Å². The van der Waals surface area contributed by atoms with Crippen molar-refractivity contribution in [1.82, 2.24) is 20.0 Å². The second-order valence-corrected chi connectivity index (χ2v) is 5.06. The molecule has 112 valence electrons. The Kier molecular flexibility index (Phi) is 5.11. The first-order chi connectivity index (χ1) is 9.60. The number of nitrogens with zero attached hydrogens (tertiary/aromatic N) is 3. The highest BCUT2D eigenvalue weighted by molar-refractivity contribution is 5.82. The van der Waals surface area contributed by atoms with Gasteiger partial charge in [-0.25, -0.2) is 0 Å². The maximum absolute atomic E-state index is 12.0. The van der Waals surface area contributed by atoms with Gasteiger partial charge in [0, 0.05) is 38.4 Å². The number of nitrogens with two attached hydrogens (primary N) is 1. The second-order valence-electron chi connectivity index (χ2n) is 5.06. The predicted molar refractivity (Wildman–Crippen MR) is 75.0 cm³/mol. The molecule has 7 nitrogen and oxygen atoms in total. The lowest BCUT2D eigenvalue weighted by Gasteiger charge is -2.32. The Labute approximate surface area is 119 Å². The molecule has 2 heterocycles. The lowest BCUT2D eigenvalue weighted by Crippen LogP contribution is -2.48. The van der Waals surface area contributed by atoms with Crippen LogP contribution in [-0.2, 0) is 16.6 Å². The highest BCUT2D eigenvalue weighted by atomic mass is 16.5. The minimum Gasteiger partial charge on any atom is -0.374 e. The summed E-state index contributed by atoms with van der Waals surface area (Å²) in [7, 11) is 1.79. The van der Waals surface area contributed by atoms with E-state index in [2.05, 4.69) is 22.2 Å². The third-order valence-corrected chi connectivity index (χ3v) is 3.54. The second kappa shape index (κ2) is 6.83. The number of aryl methyl sites for hydroxylation is 1. The van der Waals surface area contributed by atoms with Crippen molar-refractivity contribution >= 4 is 5.91 Å². The monoisotopic (exact) mass is 281 g/mol. The van der Waals surface area contributed by atoms with Crippen LogP contribution in [0.5, 0.6) is 0 Å². The van der Waals surface area contributed by atoms with Crippen molar-refractivity contribution in [1.29, 1.82) is 0 Å². The summed E-state index contributed by atoms with van der Waals surface area (Å²) >= 11 is 0. The van der Waals surface area contributed by atoms with Gasteiger partial charge in [0.15, 0.2) is 0 Å². The SMILES string of the molecule is CCN1CCOC(CNC(=O)C(N)c2cnn(C)c2)C1. The number of amides is 1. The van der Waals surface area contributed by atoms with E-state index < -0.39 is 6.04 Å². The van der Waals surface area contributed by atoms with Crippen molar-refractivity contribution in [2.75, 3.05) is 32.8 Å². The quantitative estimate of drug-likeness (QED) is 0.742. The number of nitrogens with one attached hydrogen (secondary N) is 1.